The predicted octanol–water partition coefficient (Wildman–Crippen LogP) is 4.11. The van der Waals surface area contributed by atoms with Gasteiger partial charge in [-0.3, -0.25) is 0 Å². The van der Waals surface area contributed by atoms with Crippen LogP contribution in [0.15, 0.2) is 34.9 Å². The Bertz CT molecular complexity index is 592. The monoisotopic (exact) mass is 379 g/mol. The molecule has 1 aliphatic rings. The first-order chi connectivity index (χ1) is 10.6. The second-order valence-electron chi connectivity index (χ2n) is 7.47. The number of amides is 2. The zero-order valence-electron chi connectivity index (χ0n) is 14.3. The van der Waals surface area contributed by atoms with Gasteiger partial charge >= 0.3 is 6.03 Å². The van der Waals surface area contributed by atoms with E-state index in [2.05, 4.69) is 48.9 Å². The molecule has 0 unspecified atom stereocenters. The third-order valence-corrected chi connectivity index (χ3v) is 4.76. The van der Waals surface area contributed by atoms with E-state index in [4.69, 9.17) is 5.73 Å². The fraction of sp³-hybridized carbons (Fsp3) is 0.500. The number of urea groups is 1. The molecular formula is C18H26BrN3O. The lowest BCUT2D eigenvalue weighted by atomic mass is 9.77. The summed E-state index contributed by atoms with van der Waals surface area (Å²) in [7, 11) is 0. The van der Waals surface area contributed by atoms with Gasteiger partial charge in [-0.15, -0.1) is 0 Å². The number of nitrogens with one attached hydrogen (secondary N) is 1. The van der Waals surface area contributed by atoms with Crippen LogP contribution in [-0.4, -0.2) is 28.1 Å². The lowest BCUT2D eigenvalue weighted by molar-refractivity contribution is 0.00444. The lowest BCUT2D eigenvalue weighted by Gasteiger charge is -2.54. The summed E-state index contributed by atoms with van der Waals surface area (Å²) < 4.78 is 1.01. The maximum atomic E-state index is 12.7. The molecule has 1 aromatic carbocycles. The minimum atomic E-state index is -0.269. The number of benzene rings is 1. The fourth-order valence-electron chi connectivity index (χ4n) is 3.79. The Kier molecular flexibility index (Phi) is 5.21. The van der Waals surface area contributed by atoms with Crippen LogP contribution >= 0.6 is 15.9 Å². The minimum Gasteiger partial charge on any atom is -0.328 e. The van der Waals surface area contributed by atoms with Gasteiger partial charge in [0, 0.05) is 27.8 Å². The van der Waals surface area contributed by atoms with Crippen LogP contribution in [0.25, 0.3) is 6.08 Å². The molecule has 0 radical (unpaired) electrons. The van der Waals surface area contributed by atoms with Crippen molar-refractivity contribution in [1.29, 1.82) is 0 Å². The molecule has 1 fully saturated rings. The normalized spacial score (nSPS) is 20.7. The SMILES string of the molecule is CC1(C)CC(N)CC(C)(C)N1C(=O)N/C=C/c1cccc(Br)c1. The third-order valence-electron chi connectivity index (χ3n) is 4.27. The molecule has 0 aliphatic carbocycles. The number of hydrogen-bond donors (Lipinski definition) is 2. The molecule has 0 saturated carbocycles. The van der Waals surface area contributed by atoms with Gasteiger partial charge in [-0.2, -0.15) is 0 Å². The molecule has 2 rings (SSSR count). The Morgan fingerprint density at radius 1 is 1.30 bits per heavy atom. The quantitative estimate of drug-likeness (QED) is 0.811. The van der Waals surface area contributed by atoms with Crippen LogP contribution in [0.4, 0.5) is 4.79 Å². The summed E-state index contributed by atoms with van der Waals surface area (Å²) in [6, 6.07) is 7.96. The number of carbonyl (C=O) groups is 1. The van der Waals surface area contributed by atoms with E-state index >= 15 is 0 Å². The predicted molar refractivity (Wildman–Crippen MR) is 98.9 cm³/mol. The topological polar surface area (TPSA) is 58.4 Å². The average molecular weight is 380 g/mol. The molecule has 0 spiro atoms. The van der Waals surface area contributed by atoms with E-state index in [1.54, 1.807) is 6.20 Å². The van der Waals surface area contributed by atoms with Crippen LogP contribution in [-0.2, 0) is 0 Å². The van der Waals surface area contributed by atoms with E-state index in [1.165, 1.54) is 0 Å². The fourth-order valence-corrected chi connectivity index (χ4v) is 4.21. The number of halogens is 1. The van der Waals surface area contributed by atoms with Crippen LogP contribution in [0, 0.1) is 0 Å². The third kappa shape index (κ3) is 4.36. The Labute approximate surface area is 147 Å². The van der Waals surface area contributed by atoms with Gasteiger partial charge in [0.2, 0.25) is 0 Å². The highest BCUT2D eigenvalue weighted by atomic mass is 79.9. The molecule has 3 N–H and O–H groups in total. The molecular weight excluding hydrogens is 354 g/mol. The smallest absolute Gasteiger partial charge is 0.322 e. The molecule has 1 saturated heterocycles. The second kappa shape index (κ2) is 6.65. The van der Waals surface area contributed by atoms with E-state index in [9.17, 15) is 4.79 Å². The van der Waals surface area contributed by atoms with Gasteiger partial charge in [0.25, 0.3) is 0 Å². The lowest BCUT2D eigenvalue weighted by Crippen LogP contribution is -2.66. The van der Waals surface area contributed by atoms with Crippen LogP contribution in [0.2, 0.25) is 0 Å². The zero-order valence-corrected chi connectivity index (χ0v) is 15.9. The van der Waals surface area contributed by atoms with Gasteiger partial charge < -0.3 is 16.0 Å². The molecule has 126 valence electrons. The van der Waals surface area contributed by atoms with Gasteiger partial charge in [-0.25, -0.2) is 4.79 Å². The van der Waals surface area contributed by atoms with Crippen LogP contribution < -0.4 is 11.1 Å². The largest absolute Gasteiger partial charge is 0.328 e. The Balaban J connectivity index is 2.10. The summed E-state index contributed by atoms with van der Waals surface area (Å²) >= 11 is 3.44. The molecule has 5 heteroatoms. The molecule has 23 heavy (non-hydrogen) atoms. The number of likely N-dealkylation sites (tertiary alicyclic amines) is 1. The first kappa shape index (κ1) is 18.0. The van der Waals surface area contributed by atoms with Gasteiger partial charge in [0.1, 0.15) is 0 Å². The maximum absolute atomic E-state index is 12.7. The first-order valence-electron chi connectivity index (χ1n) is 7.90. The number of hydrogen-bond acceptors (Lipinski definition) is 2. The van der Waals surface area contributed by atoms with Crippen LogP contribution in [0.3, 0.4) is 0 Å². The number of rotatable bonds is 2. The highest BCUT2D eigenvalue weighted by Gasteiger charge is 2.46. The van der Waals surface area contributed by atoms with E-state index in [-0.39, 0.29) is 23.2 Å². The molecule has 2 amide bonds. The van der Waals surface area contributed by atoms with Crippen molar-refractivity contribution < 1.29 is 4.79 Å². The summed E-state index contributed by atoms with van der Waals surface area (Å²) in [6.07, 6.45) is 5.20. The van der Waals surface area contributed by atoms with E-state index in [0.29, 0.717) is 0 Å². The van der Waals surface area contributed by atoms with Gasteiger partial charge in [0.15, 0.2) is 0 Å². The first-order valence-corrected chi connectivity index (χ1v) is 8.70. The number of nitrogens with zero attached hydrogens (tertiary/aromatic N) is 1. The van der Waals surface area contributed by atoms with E-state index in [0.717, 1.165) is 22.9 Å². The molecule has 0 atom stereocenters. The van der Waals surface area contributed by atoms with Crippen molar-refractivity contribution in [2.24, 2.45) is 5.73 Å². The Hall–Kier alpha value is -1.33. The standard InChI is InChI=1S/C18H26BrN3O/c1-17(2)11-15(20)12-18(3,4)22(17)16(23)21-9-8-13-6-5-7-14(19)10-13/h5-10,15H,11-12,20H2,1-4H3,(H,21,23)/b9-8+. The van der Waals surface area contributed by atoms with Crippen molar-refractivity contribution in [1.82, 2.24) is 10.2 Å². The molecule has 0 aromatic heterocycles. The van der Waals surface area contributed by atoms with Crippen molar-refractivity contribution in [3.63, 3.8) is 0 Å². The van der Waals surface area contributed by atoms with Crippen molar-refractivity contribution >= 4 is 28.0 Å². The number of carbonyl (C=O) groups excluding carboxylic acids is 1. The summed E-state index contributed by atoms with van der Waals surface area (Å²) in [6.45, 7) is 8.30. The molecule has 0 bridgehead atoms. The van der Waals surface area contributed by atoms with Crippen molar-refractivity contribution in [3.05, 3.63) is 40.5 Å². The Morgan fingerprint density at radius 3 is 2.48 bits per heavy atom. The van der Waals surface area contributed by atoms with Crippen molar-refractivity contribution in [2.75, 3.05) is 0 Å². The summed E-state index contributed by atoms with van der Waals surface area (Å²) in [4.78, 5) is 14.6. The Morgan fingerprint density at radius 2 is 1.91 bits per heavy atom. The van der Waals surface area contributed by atoms with Crippen molar-refractivity contribution in [3.8, 4) is 0 Å². The minimum absolute atomic E-state index is 0.0850. The second-order valence-corrected chi connectivity index (χ2v) is 8.38. The van der Waals surface area contributed by atoms with E-state index < -0.39 is 0 Å². The highest BCUT2D eigenvalue weighted by Crippen LogP contribution is 2.37. The molecule has 1 aromatic rings. The number of piperidine rings is 1. The van der Waals surface area contributed by atoms with Gasteiger partial charge in [-0.1, -0.05) is 28.1 Å². The van der Waals surface area contributed by atoms with Crippen LogP contribution in [0.1, 0.15) is 46.1 Å². The zero-order chi connectivity index (χ0) is 17.3. The van der Waals surface area contributed by atoms with Crippen molar-refractivity contribution in [2.45, 2.75) is 57.7 Å². The highest BCUT2D eigenvalue weighted by molar-refractivity contribution is 9.10. The molecule has 1 heterocycles. The number of nitrogens with two attached hydrogens (primary N) is 1. The average Bonchev–Trinajstić information content (AvgIpc) is 2.34. The molecule has 1 aliphatic heterocycles. The summed E-state index contributed by atoms with van der Waals surface area (Å²) in [5.74, 6) is 0. The van der Waals surface area contributed by atoms with Gasteiger partial charge in [0.05, 0.1) is 0 Å². The molecule has 4 nitrogen and oxygen atoms in total. The maximum Gasteiger partial charge on any atom is 0.322 e. The van der Waals surface area contributed by atoms with Crippen LogP contribution in [0.5, 0.6) is 0 Å². The summed E-state index contributed by atoms with van der Waals surface area (Å²) in [5.41, 5.74) is 6.65. The summed E-state index contributed by atoms with van der Waals surface area (Å²) in [5, 5.41) is 2.90. The van der Waals surface area contributed by atoms with Gasteiger partial charge in [-0.05, 0) is 64.3 Å². The van der Waals surface area contributed by atoms with E-state index in [1.807, 2.05) is 35.2 Å².